The first-order chi connectivity index (χ1) is 11.1. The lowest BCUT2D eigenvalue weighted by molar-refractivity contribution is 0.330. The van der Waals surface area contributed by atoms with Crippen molar-refractivity contribution >= 4 is 9.84 Å². The molecule has 1 heterocycles. The van der Waals surface area contributed by atoms with Crippen LogP contribution in [-0.2, 0) is 9.84 Å². The van der Waals surface area contributed by atoms with Crippen molar-refractivity contribution in [1.82, 2.24) is 5.32 Å². The molecule has 1 aromatic carbocycles. The van der Waals surface area contributed by atoms with Gasteiger partial charge in [0.15, 0.2) is 9.84 Å². The van der Waals surface area contributed by atoms with Crippen molar-refractivity contribution < 1.29 is 13.2 Å². The molecule has 2 aliphatic rings. The van der Waals surface area contributed by atoms with Gasteiger partial charge in [-0.2, -0.15) is 0 Å². The van der Waals surface area contributed by atoms with Crippen molar-refractivity contribution in [1.29, 1.82) is 0 Å². The molecule has 1 N–H and O–H groups in total. The molecule has 0 unspecified atom stereocenters. The zero-order chi connectivity index (χ0) is 16.3. The maximum Gasteiger partial charge on any atom is 0.150 e. The second-order valence-electron chi connectivity index (χ2n) is 6.94. The SMILES string of the molecule is COc1ccccc1[C@H](NC[C@H]1CCS(=O)(=O)C1)C1CCCC1. The second-order valence-corrected chi connectivity index (χ2v) is 9.17. The van der Waals surface area contributed by atoms with Crippen LogP contribution in [0.3, 0.4) is 0 Å². The molecule has 4 nitrogen and oxygen atoms in total. The summed E-state index contributed by atoms with van der Waals surface area (Å²) in [6.45, 7) is 0.776. The van der Waals surface area contributed by atoms with E-state index in [9.17, 15) is 8.42 Å². The van der Waals surface area contributed by atoms with Gasteiger partial charge in [0.2, 0.25) is 0 Å². The van der Waals surface area contributed by atoms with E-state index < -0.39 is 9.84 Å². The number of ether oxygens (including phenoxy) is 1. The number of methoxy groups -OCH3 is 1. The van der Waals surface area contributed by atoms with E-state index >= 15 is 0 Å². The molecule has 1 aromatic rings. The number of hydrogen-bond donors (Lipinski definition) is 1. The highest BCUT2D eigenvalue weighted by molar-refractivity contribution is 7.91. The molecule has 2 fully saturated rings. The summed E-state index contributed by atoms with van der Waals surface area (Å²) in [4.78, 5) is 0. The number of nitrogens with one attached hydrogen (secondary N) is 1. The van der Waals surface area contributed by atoms with E-state index in [0.717, 1.165) is 18.7 Å². The van der Waals surface area contributed by atoms with Gasteiger partial charge in [-0.3, -0.25) is 0 Å². The Morgan fingerprint density at radius 1 is 1.22 bits per heavy atom. The number of para-hydroxylation sites is 1. The van der Waals surface area contributed by atoms with Crippen molar-refractivity contribution in [3.05, 3.63) is 29.8 Å². The van der Waals surface area contributed by atoms with Gasteiger partial charge in [0.25, 0.3) is 0 Å². The van der Waals surface area contributed by atoms with Crippen molar-refractivity contribution in [2.24, 2.45) is 11.8 Å². The average Bonchev–Trinajstić information content (AvgIpc) is 3.18. The van der Waals surface area contributed by atoms with Gasteiger partial charge in [0.1, 0.15) is 5.75 Å². The molecule has 23 heavy (non-hydrogen) atoms. The van der Waals surface area contributed by atoms with Gasteiger partial charge < -0.3 is 10.1 Å². The summed E-state index contributed by atoms with van der Waals surface area (Å²) in [6, 6.07) is 8.47. The summed E-state index contributed by atoms with van der Waals surface area (Å²) >= 11 is 0. The zero-order valence-corrected chi connectivity index (χ0v) is 14.6. The van der Waals surface area contributed by atoms with E-state index in [1.807, 2.05) is 12.1 Å². The maximum absolute atomic E-state index is 11.7. The Balaban J connectivity index is 1.73. The Hall–Kier alpha value is -1.07. The maximum atomic E-state index is 11.7. The Labute approximate surface area is 139 Å². The van der Waals surface area contributed by atoms with E-state index in [-0.39, 0.29) is 12.0 Å². The zero-order valence-electron chi connectivity index (χ0n) is 13.8. The van der Waals surface area contributed by atoms with Gasteiger partial charge in [-0.25, -0.2) is 8.42 Å². The topological polar surface area (TPSA) is 55.4 Å². The van der Waals surface area contributed by atoms with Crippen LogP contribution in [0.5, 0.6) is 5.75 Å². The largest absolute Gasteiger partial charge is 0.496 e. The first kappa shape index (κ1) is 16.8. The fraction of sp³-hybridized carbons (Fsp3) is 0.667. The van der Waals surface area contributed by atoms with Crippen LogP contribution in [0.1, 0.15) is 43.7 Å². The molecule has 3 rings (SSSR count). The Morgan fingerprint density at radius 2 is 1.96 bits per heavy atom. The Morgan fingerprint density at radius 3 is 2.61 bits per heavy atom. The molecular weight excluding hydrogens is 310 g/mol. The van der Waals surface area contributed by atoms with Crippen LogP contribution in [-0.4, -0.2) is 33.6 Å². The van der Waals surface area contributed by atoms with Crippen LogP contribution in [0.25, 0.3) is 0 Å². The highest BCUT2D eigenvalue weighted by atomic mass is 32.2. The minimum atomic E-state index is -2.80. The summed E-state index contributed by atoms with van der Waals surface area (Å²) in [6.07, 6.45) is 5.83. The number of rotatable bonds is 6. The molecular formula is C18H27NO3S. The molecule has 0 radical (unpaired) electrons. The van der Waals surface area contributed by atoms with Crippen molar-refractivity contribution in [2.75, 3.05) is 25.2 Å². The molecule has 128 valence electrons. The summed E-state index contributed by atoms with van der Waals surface area (Å²) in [5.74, 6) is 2.48. The molecule has 1 aliphatic carbocycles. The second kappa shape index (κ2) is 7.22. The molecule has 0 bridgehead atoms. The monoisotopic (exact) mass is 337 g/mol. The molecule has 0 amide bonds. The van der Waals surface area contributed by atoms with Crippen LogP contribution in [0.2, 0.25) is 0 Å². The summed E-state index contributed by atoms with van der Waals surface area (Å²) < 4.78 is 28.9. The van der Waals surface area contributed by atoms with Crippen LogP contribution >= 0.6 is 0 Å². The fourth-order valence-corrected chi connectivity index (χ4v) is 5.93. The van der Waals surface area contributed by atoms with Crippen molar-refractivity contribution in [3.8, 4) is 5.75 Å². The average molecular weight is 337 g/mol. The Bertz CT molecular complexity index is 623. The normalized spacial score (nSPS) is 25.5. The van der Waals surface area contributed by atoms with E-state index in [1.165, 1.54) is 31.2 Å². The lowest BCUT2D eigenvalue weighted by Crippen LogP contribution is -2.32. The van der Waals surface area contributed by atoms with Gasteiger partial charge in [0, 0.05) is 11.6 Å². The lowest BCUT2D eigenvalue weighted by Gasteiger charge is -2.28. The predicted molar refractivity (Wildman–Crippen MR) is 92.5 cm³/mol. The third kappa shape index (κ3) is 4.07. The smallest absolute Gasteiger partial charge is 0.150 e. The fourth-order valence-electron chi connectivity index (χ4n) is 4.07. The molecule has 0 spiro atoms. The van der Waals surface area contributed by atoms with Crippen LogP contribution in [0.15, 0.2) is 24.3 Å². The van der Waals surface area contributed by atoms with Gasteiger partial charge in [-0.1, -0.05) is 31.0 Å². The lowest BCUT2D eigenvalue weighted by atomic mass is 9.90. The molecule has 1 saturated carbocycles. The minimum Gasteiger partial charge on any atom is -0.496 e. The predicted octanol–water partition coefficient (Wildman–Crippen LogP) is 2.95. The first-order valence-electron chi connectivity index (χ1n) is 8.66. The third-order valence-corrected chi connectivity index (χ3v) is 7.14. The first-order valence-corrected chi connectivity index (χ1v) is 10.5. The molecule has 1 saturated heterocycles. The third-order valence-electron chi connectivity index (χ3n) is 5.30. The molecule has 2 atom stereocenters. The van der Waals surface area contributed by atoms with Crippen LogP contribution < -0.4 is 10.1 Å². The van der Waals surface area contributed by atoms with Crippen LogP contribution in [0.4, 0.5) is 0 Å². The van der Waals surface area contributed by atoms with Crippen molar-refractivity contribution in [3.63, 3.8) is 0 Å². The minimum absolute atomic E-state index is 0.249. The summed E-state index contributed by atoms with van der Waals surface area (Å²) in [5.41, 5.74) is 1.21. The molecule has 1 aliphatic heterocycles. The van der Waals surface area contributed by atoms with Crippen molar-refractivity contribution in [2.45, 2.75) is 38.1 Å². The van der Waals surface area contributed by atoms with Crippen LogP contribution in [0, 0.1) is 11.8 Å². The van der Waals surface area contributed by atoms with E-state index in [2.05, 4.69) is 17.4 Å². The van der Waals surface area contributed by atoms with E-state index in [0.29, 0.717) is 17.4 Å². The highest BCUT2D eigenvalue weighted by Gasteiger charge is 2.31. The standard InChI is InChI=1S/C18H27NO3S/c1-22-17-9-5-4-8-16(17)18(15-6-2-3-7-15)19-12-14-10-11-23(20,21)13-14/h4-5,8-9,14-15,18-19H,2-3,6-7,10-13H2,1H3/t14-,18-/m1/s1. The van der Waals surface area contributed by atoms with Gasteiger partial charge in [-0.15, -0.1) is 0 Å². The highest BCUT2D eigenvalue weighted by Crippen LogP contribution is 2.39. The van der Waals surface area contributed by atoms with E-state index in [4.69, 9.17) is 4.74 Å². The van der Waals surface area contributed by atoms with Gasteiger partial charge in [0.05, 0.1) is 18.6 Å². The quantitative estimate of drug-likeness (QED) is 0.867. The number of sulfone groups is 1. The summed E-state index contributed by atoms with van der Waals surface area (Å²) in [7, 11) is -1.09. The van der Waals surface area contributed by atoms with E-state index in [1.54, 1.807) is 7.11 Å². The molecule has 0 aromatic heterocycles. The number of benzene rings is 1. The number of hydrogen-bond acceptors (Lipinski definition) is 4. The van der Waals surface area contributed by atoms with Gasteiger partial charge >= 0.3 is 0 Å². The van der Waals surface area contributed by atoms with Gasteiger partial charge in [-0.05, 0) is 43.7 Å². The summed E-state index contributed by atoms with van der Waals surface area (Å²) in [5, 5.41) is 3.69. The Kier molecular flexibility index (Phi) is 5.27. The molecule has 5 heteroatoms.